The predicted octanol–water partition coefficient (Wildman–Crippen LogP) is 7.90. The highest BCUT2D eigenvalue weighted by atomic mass is 35.5. The molecule has 4 aromatic rings. The first-order chi connectivity index (χ1) is 51.7. The maximum Gasteiger partial charge on any atom is 0.408 e. The SMILES string of the molecule is COCCOCOc1c(OC)c(C)cc2c1[C@@H]1C3[C@@H]4SC[C@@H](NC(=O)OC(C)(C)C)C(=O)OC[C@@H](c5c6c(c(C)c(OC(C)=O)c54)OCO6)N3[C@@H](C#N)[C@H](C2)N1C.COc1c(C)cc2c(c1O)[C@@H]1C3[C@@H]4SC[C@H](N)C(=O)OC[C@@H](c5c6c(c(C)c(OC(C)=O)c54)OCO6)N3[C@@H](C#N)[C@H](C2)N1C.CS(=O)(=O)O.ClCCl. The summed E-state index contributed by atoms with van der Waals surface area (Å²) in [5.74, 6) is 2.06. The first-order valence-electron chi connectivity index (χ1n) is 34.9. The standard InChI is InChI=1S/C40H50N4O12S.C31H34N4O8S.CH2Cl2.CH4O3S/c1-19-12-22-13-24-25(14-41)44-26-15-51-38(46)23(42-39(47)56-40(4,5)6)16-57-37(29-28(26)36-34(53-18-54-36)20(2)33(29)55-21(3)45)31(44)30(43(24)7)27(22)35(32(19)49-9)52-17-50-11-10-48-8;1-12-6-15-7-17-18(8-32)35-19-9-40-31(38)16(33)10-44-30(24(35)23(34(17)4)20(15)25(37)26(12)39-5)22-21(19)29-28(41-11-42-29)13(2)27(22)43-14(3)36;2-1-3;1-5(2,3)4/h12,23-26,30-31,37H,10-11,13,15-18H2,1-9H3,(H,42,47);6,16-19,23-24,30,37H,7,9-11,33H2,1-5H3;1H2;1H3,(H,2,3,4)/t23-,24+,25+,26+,30-,31?,37-;16-,17-,18-,19-,23+,24?,30+;;/m10../s1. The number of thioether (sulfide) groups is 2. The summed E-state index contributed by atoms with van der Waals surface area (Å²) in [6.07, 6.45) is 0.984. The average Bonchev–Trinajstić information content (AvgIpc) is 1.42. The second-order valence-corrected chi connectivity index (χ2v) is 33.2. The van der Waals surface area contributed by atoms with E-state index in [1.165, 1.54) is 44.5 Å². The number of alkyl halides is 2. The van der Waals surface area contributed by atoms with Crippen LogP contribution in [0.25, 0.3) is 0 Å². The fourth-order valence-corrected chi connectivity index (χ4v) is 19.9. The molecule has 0 spiro atoms. The molecule has 14 atom stereocenters. The molecular formula is C73H90Cl2N8O23S3. The number of fused-ring (bicyclic) bond motifs is 18. The third-order valence-electron chi connectivity index (χ3n) is 20.7. The predicted molar refractivity (Wildman–Crippen MR) is 397 cm³/mol. The number of nitriles is 2. The summed E-state index contributed by atoms with van der Waals surface area (Å²) < 4.78 is 109. The summed E-state index contributed by atoms with van der Waals surface area (Å²) in [4.78, 5) is 74.1. The van der Waals surface area contributed by atoms with Crippen LogP contribution in [0.4, 0.5) is 4.79 Å². The second kappa shape index (κ2) is 33.3. The molecule has 36 heteroatoms. The number of phenols is 1. The Morgan fingerprint density at radius 3 is 1.59 bits per heavy atom. The zero-order valence-corrected chi connectivity index (χ0v) is 66.9. The van der Waals surface area contributed by atoms with Gasteiger partial charge in [-0.25, -0.2) is 9.59 Å². The highest BCUT2D eigenvalue weighted by molar-refractivity contribution is 7.99. The summed E-state index contributed by atoms with van der Waals surface area (Å²) in [7, 11) is 5.05. The maximum atomic E-state index is 13.9. The number of nitrogens with two attached hydrogens (primary N) is 1. The van der Waals surface area contributed by atoms with Crippen molar-refractivity contribution in [1.82, 2.24) is 24.9 Å². The number of alkyl carbamates (subject to hydrolysis) is 1. The average molecular weight is 1610 g/mol. The number of piperazine rings is 2. The van der Waals surface area contributed by atoms with E-state index in [2.05, 4.69) is 43.1 Å². The molecule has 10 aliphatic heterocycles. The number of carbonyl (C=O) groups excluding carboxylic acids is 5. The third kappa shape index (κ3) is 15.7. The van der Waals surface area contributed by atoms with E-state index in [9.17, 15) is 48.0 Å². The molecule has 4 fully saturated rings. The lowest BCUT2D eigenvalue weighted by molar-refractivity contribution is -0.151. The Morgan fingerprint density at radius 1 is 0.679 bits per heavy atom. The number of carbonyl (C=O) groups is 5. The number of hydrogen-bond donors (Lipinski definition) is 4. The van der Waals surface area contributed by atoms with Crippen molar-refractivity contribution >= 4 is 86.8 Å². The normalized spacial score (nSPS) is 26.7. The molecule has 31 nitrogen and oxygen atoms in total. The smallest absolute Gasteiger partial charge is 0.408 e. The number of aromatic hydroxyl groups is 1. The molecule has 4 aromatic carbocycles. The molecule has 4 saturated heterocycles. The number of nitrogens with one attached hydrogen (secondary N) is 1. The molecule has 0 aliphatic carbocycles. The van der Waals surface area contributed by atoms with Crippen LogP contribution in [0.15, 0.2) is 12.1 Å². The molecule has 0 saturated carbocycles. The van der Waals surface area contributed by atoms with Crippen LogP contribution in [0, 0.1) is 50.4 Å². The number of likely N-dealkylation sites (N-methyl/N-ethyl adjacent to an activating group) is 2. The quantitative estimate of drug-likeness (QED) is 0.0211. The Labute approximate surface area is 650 Å². The largest absolute Gasteiger partial charge is 0.504 e. The Hall–Kier alpha value is -7.68. The van der Waals surface area contributed by atoms with E-state index in [4.69, 9.17) is 99.8 Å². The number of aryl methyl sites for hydroxylation is 2. The molecule has 0 aromatic heterocycles. The zero-order chi connectivity index (χ0) is 79.3. The number of cyclic esters (lactones) is 2. The second-order valence-electron chi connectivity index (χ2n) is 28.5. The molecular weight excluding hydrogens is 1520 g/mol. The summed E-state index contributed by atoms with van der Waals surface area (Å²) in [6.45, 7) is 15.6. The minimum atomic E-state index is -3.67. The van der Waals surface area contributed by atoms with Crippen molar-refractivity contribution < 1.29 is 108 Å². The van der Waals surface area contributed by atoms with Crippen LogP contribution in [0.5, 0.6) is 57.5 Å². The van der Waals surface area contributed by atoms with E-state index in [0.717, 1.165) is 38.9 Å². The van der Waals surface area contributed by atoms with Crippen molar-refractivity contribution in [3.8, 4) is 69.6 Å². The van der Waals surface area contributed by atoms with Crippen LogP contribution in [0.1, 0.15) is 136 Å². The fourth-order valence-electron chi connectivity index (χ4n) is 16.9. The van der Waals surface area contributed by atoms with Crippen LogP contribution in [-0.4, -0.2) is 227 Å². The van der Waals surface area contributed by atoms with E-state index in [-0.39, 0.29) is 68.3 Å². The van der Waals surface area contributed by atoms with Gasteiger partial charge < -0.3 is 82.5 Å². The summed E-state index contributed by atoms with van der Waals surface area (Å²) in [5.41, 5.74) is 14.6. The first-order valence-corrected chi connectivity index (χ1v) is 39.9. The maximum absolute atomic E-state index is 13.9. The molecule has 14 rings (SSSR count). The lowest BCUT2D eigenvalue weighted by atomic mass is 9.71. The molecule has 592 valence electrons. The number of esters is 4. The third-order valence-corrected chi connectivity index (χ3v) is 23.6. The van der Waals surface area contributed by atoms with Gasteiger partial charge in [-0.3, -0.25) is 38.5 Å². The van der Waals surface area contributed by atoms with Crippen molar-refractivity contribution in [2.45, 2.75) is 164 Å². The highest BCUT2D eigenvalue weighted by Crippen LogP contribution is 2.67. The summed E-state index contributed by atoms with van der Waals surface area (Å²) in [5, 5.41) is 35.6. The van der Waals surface area contributed by atoms with Gasteiger partial charge in [0.2, 0.25) is 13.6 Å². The molecule has 0 radical (unpaired) electrons. The lowest BCUT2D eigenvalue weighted by Gasteiger charge is -2.61. The first kappa shape index (κ1) is 82.3. The number of nitrogens with zero attached hydrogens (tertiary/aromatic N) is 6. The number of halogens is 2. The summed E-state index contributed by atoms with van der Waals surface area (Å²) >= 11 is 12.4. The van der Waals surface area contributed by atoms with Crippen molar-refractivity contribution in [2.24, 2.45) is 5.73 Å². The number of hydrogen-bond acceptors (Lipinski definition) is 31. The minimum Gasteiger partial charge on any atom is -0.504 e. The van der Waals surface area contributed by atoms with Gasteiger partial charge in [-0.05, 0) is 97.7 Å². The van der Waals surface area contributed by atoms with Gasteiger partial charge in [0.05, 0.1) is 85.8 Å². The number of methoxy groups -OCH3 is 3. The molecule has 10 aliphatic rings. The molecule has 1 amide bonds. The van der Waals surface area contributed by atoms with Gasteiger partial charge in [-0.1, -0.05) is 12.1 Å². The Kier molecular flexibility index (Phi) is 25.2. The number of rotatable bonds is 11. The minimum absolute atomic E-state index is 0.0270. The Bertz CT molecular complexity index is 4440. The van der Waals surface area contributed by atoms with Gasteiger partial charge in [-0.2, -0.15) is 18.9 Å². The number of ether oxygens (including phenoxy) is 14. The summed E-state index contributed by atoms with van der Waals surface area (Å²) in [6, 6.07) is 2.27. The zero-order valence-electron chi connectivity index (χ0n) is 62.9. The van der Waals surface area contributed by atoms with Crippen molar-refractivity contribution in [1.29, 1.82) is 10.5 Å². The van der Waals surface area contributed by atoms with Gasteiger partial charge in [0, 0.05) is 101 Å². The highest BCUT2D eigenvalue weighted by Gasteiger charge is 2.63. The van der Waals surface area contributed by atoms with E-state index in [0.29, 0.717) is 112 Å². The van der Waals surface area contributed by atoms with Crippen LogP contribution < -0.4 is 53.7 Å². The van der Waals surface area contributed by atoms with Gasteiger partial charge in [-0.15, -0.1) is 46.7 Å². The van der Waals surface area contributed by atoms with Gasteiger partial charge in [0.1, 0.15) is 54.5 Å². The van der Waals surface area contributed by atoms with E-state index < -0.39 is 117 Å². The number of phenolic OH excluding ortho intramolecular Hbond substituents is 1. The Morgan fingerprint density at radius 2 is 1.13 bits per heavy atom. The van der Waals surface area contributed by atoms with Gasteiger partial charge >= 0.3 is 30.0 Å². The Balaban J connectivity index is 0.000000202. The van der Waals surface area contributed by atoms with Crippen molar-refractivity contribution in [3.05, 3.63) is 78.9 Å². The lowest BCUT2D eigenvalue weighted by Crippen LogP contribution is -2.69. The van der Waals surface area contributed by atoms with E-state index in [1.807, 2.05) is 47.9 Å². The number of amides is 1. The molecule has 109 heavy (non-hydrogen) atoms. The monoisotopic (exact) mass is 1610 g/mol. The molecule has 5 N–H and O–H groups in total. The van der Waals surface area contributed by atoms with Crippen LogP contribution in [0.2, 0.25) is 0 Å². The molecule has 10 heterocycles. The molecule has 8 bridgehead atoms. The van der Waals surface area contributed by atoms with Gasteiger partial charge in [0.15, 0.2) is 52.8 Å². The number of benzene rings is 4. The van der Waals surface area contributed by atoms with Crippen LogP contribution in [0.3, 0.4) is 0 Å². The van der Waals surface area contributed by atoms with Crippen LogP contribution >= 0.6 is 46.7 Å². The van der Waals surface area contributed by atoms with E-state index >= 15 is 0 Å². The van der Waals surface area contributed by atoms with Crippen LogP contribution in [-0.2, 0) is 65.8 Å². The van der Waals surface area contributed by atoms with E-state index in [1.54, 1.807) is 35.0 Å². The topological polar surface area (TPSA) is 388 Å². The fraction of sp³-hybridized carbons (Fsp3) is 0.575. The molecule has 2 unspecified atom stereocenters. The van der Waals surface area contributed by atoms with Crippen molar-refractivity contribution in [3.63, 3.8) is 0 Å². The van der Waals surface area contributed by atoms with Crippen molar-refractivity contribution in [2.75, 3.05) is 105 Å². The van der Waals surface area contributed by atoms with Gasteiger partial charge in [0.25, 0.3) is 10.1 Å².